The Morgan fingerprint density at radius 3 is 1.96 bits per heavy atom. The lowest BCUT2D eigenvalue weighted by molar-refractivity contribution is -0.148. The van der Waals surface area contributed by atoms with Gasteiger partial charge in [-0.1, -0.05) is 34.1 Å². The van der Waals surface area contributed by atoms with Crippen LogP contribution in [-0.4, -0.2) is 85.2 Å². The standard InChI is InChI=1S/C20H39N3O5/c1-10-13(4)18(15(28-9)11-16(24)25)23(8)20(27)17(12(2)3)21-19(26)14(5)22(6)7/h12-15,17-18H,10-11H2,1-9H3,(H,21,26)(H,24,25)/t13-,14-,15+,17-,18-/m0/s1. The molecule has 8 nitrogen and oxygen atoms in total. The molecule has 0 aromatic rings. The number of carbonyl (C=O) groups excluding carboxylic acids is 2. The predicted molar refractivity (Wildman–Crippen MR) is 109 cm³/mol. The van der Waals surface area contributed by atoms with E-state index in [1.54, 1.807) is 37.9 Å². The third kappa shape index (κ3) is 7.39. The minimum Gasteiger partial charge on any atom is -0.481 e. The Bertz CT molecular complexity index is 524. The lowest BCUT2D eigenvalue weighted by atomic mass is 9.90. The Balaban J connectivity index is 5.67. The highest BCUT2D eigenvalue weighted by molar-refractivity contribution is 5.90. The van der Waals surface area contributed by atoms with E-state index in [9.17, 15) is 19.5 Å². The lowest BCUT2D eigenvalue weighted by Gasteiger charge is -2.39. The van der Waals surface area contributed by atoms with Crippen LogP contribution in [-0.2, 0) is 19.1 Å². The fourth-order valence-electron chi connectivity index (χ4n) is 3.14. The first-order valence-corrected chi connectivity index (χ1v) is 9.86. The number of ether oxygens (including phenoxy) is 1. The van der Waals surface area contributed by atoms with Crippen molar-refractivity contribution in [2.24, 2.45) is 11.8 Å². The molecule has 164 valence electrons. The van der Waals surface area contributed by atoms with E-state index in [1.807, 2.05) is 27.7 Å². The maximum atomic E-state index is 13.3. The largest absolute Gasteiger partial charge is 0.481 e. The number of likely N-dealkylation sites (N-methyl/N-ethyl adjacent to an activating group) is 2. The molecular weight excluding hydrogens is 362 g/mol. The quantitative estimate of drug-likeness (QED) is 0.513. The predicted octanol–water partition coefficient (Wildman–Crippen LogP) is 1.44. The minimum absolute atomic E-state index is 0.0301. The number of amides is 2. The summed E-state index contributed by atoms with van der Waals surface area (Å²) in [6.07, 6.45) is -0.0666. The van der Waals surface area contributed by atoms with E-state index in [0.29, 0.717) is 0 Å². The van der Waals surface area contributed by atoms with E-state index in [2.05, 4.69) is 5.32 Å². The van der Waals surface area contributed by atoms with Gasteiger partial charge in [0.15, 0.2) is 0 Å². The lowest BCUT2D eigenvalue weighted by Crippen LogP contribution is -2.58. The number of rotatable bonds is 12. The number of nitrogens with zero attached hydrogens (tertiary/aromatic N) is 2. The summed E-state index contributed by atoms with van der Waals surface area (Å²) in [5.74, 6) is -1.53. The van der Waals surface area contributed by atoms with Crippen LogP contribution in [0.5, 0.6) is 0 Å². The topological polar surface area (TPSA) is 99.2 Å². The van der Waals surface area contributed by atoms with Crippen LogP contribution in [0.1, 0.15) is 47.5 Å². The molecule has 0 aromatic carbocycles. The Morgan fingerprint density at radius 1 is 1.07 bits per heavy atom. The molecule has 0 rings (SSSR count). The van der Waals surface area contributed by atoms with Crippen molar-refractivity contribution in [1.29, 1.82) is 0 Å². The summed E-state index contributed by atoms with van der Waals surface area (Å²) < 4.78 is 5.44. The van der Waals surface area contributed by atoms with Gasteiger partial charge < -0.3 is 20.1 Å². The van der Waals surface area contributed by atoms with Gasteiger partial charge in [-0.2, -0.15) is 0 Å². The highest BCUT2D eigenvalue weighted by Crippen LogP contribution is 2.23. The van der Waals surface area contributed by atoms with Crippen molar-refractivity contribution in [3.05, 3.63) is 0 Å². The molecule has 0 fully saturated rings. The molecule has 0 saturated heterocycles. The van der Waals surface area contributed by atoms with Gasteiger partial charge in [0.25, 0.3) is 0 Å². The minimum atomic E-state index is -0.977. The van der Waals surface area contributed by atoms with Crippen molar-refractivity contribution in [3.8, 4) is 0 Å². The van der Waals surface area contributed by atoms with Crippen molar-refractivity contribution in [2.45, 2.75) is 71.7 Å². The van der Waals surface area contributed by atoms with E-state index in [0.717, 1.165) is 6.42 Å². The monoisotopic (exact) mass is 401 g/mol. The Morgan fingerprint density at radius 2 is 1.61 bits per heavy atom. The smallest absolute Gasteiger partial charge is 0.306 e. The number of carbonyl (C=O) groups is 3. The molecule has 0 aromatic heterocycles. The van der Waals surface area contributed by atoms with Crippen LogP contribution in [0.15, 0.2) is 0 Å². The van der Waals surface area contributed by atoms with Crippen molar-refractivity contribution in [2.75, 3.05) is 28.3 Å². The van der Waals surface area contributed by atoms with E-state index in [1.165, 1.54) is 7.11 Å². The molecule has 0 aliphatic carbocycles. The van der Waals surface area contributed by atoms with Crippen LogP contribution < -0.4 is 5.32 Å². The summed E-state index contributed by atoms with van der Waals surface area (Å²) in [4.78, 5) is 40.4. The highest BCUT2D eigenvalue weighted by Gasteiger charge is 2.37. The van der Waals surface area contributed by atoms with Crippen LogP contribution in [0.4, 0.5) is 0 Å². The zero-order chi connectivity index (χ0) is 22.2. The van der Waals surface area contributed by atoms with Gasteiger partial charge in [-0.05, 0) is 32.9 Å². The van der Waals surface area contributed by atoms with Crippen LogP contribution in [0, 0.1) is 11.8 Å². The maximum Gasteiger partial charge on any atom is 0.306 e. The van der Waals surface area contributed by atoms with Crippen molar-refractivity contribution in [3.63, 3.8) is 0 Å². The normalized spacial score (nSPS) is 17.0. The van der Waals surface area contributed by atoms with Crippen molar-refractivity contribution < 1.29 is 24.2 Å². The molecule has 8 heteroatoms. The summed E-state index contributed by atoms with van der Waals surface area (Å²) >= 11 is 0. The molecule has 0 bridgehead atoms. The summed E-state index contributed by atoms with van der Waals surface area (Å²) in [6.45, 7) is 9.49. The molecule has 0 radical (unpaired) electrons. The maximum absolute atomic E-state index is 13.3. The molecular formula is C20H39N3O5. The van der Waals surface area contributed by atoms with Crippen LogP contribution >= 0.6 is 0 Å². The average Bonchev–Trinajstić information content (AvgIpc) is 2.62. The number of hydrogen-bond acceptors (Lipinski definition) is 5. The van der Waals surface area contributed by atoms with Gasteiger partial charge >= 0.3 is 5.97 Å². The molecule has 0 spiro atoms. The molecule has 28 heavy (non-hydrogen) atoms. The number of methoxy groups -OCH3 is 1. The molecule has 0 unspecified atom stereocenters. The fourth-order valence-corrected chi connectivity index (χ4v) is 3.14. The summed E-state index contributed by atoms with van der Waals surface area (Å²) in [5.41, 5.74) is 0. The molecule has 0 heterocycles. The van der Waals surface area contributed by atoms with Crippen molar-refractivity contribution in [1.82, 2.24) is 15.1 Å². The van der Waals surface area contributed by atoms with Gasteiger partial charge in [0.1, 0.15) is 6.04 Å². The highest BCUT2D eigenvalue weighted by atomic mass is 16.5. The average molecular weight is 402 g/mol. The van der Waals surface area contributed by atoms with E-state index >= 15 is 0 Å². The van der Waals surface area contributed by atoms with E-state index < -0.39 is 24.2 Å². The molecule has 2 N–H and O–H groups in total. The van der Waals surface area contributed by atoms with Crippen LogP contribution in [0.3, 0.4) is 0 Å². The molecule has 0 aliphatic rings. The number of carboxylic acid groups (broad SMARTS) is 1. The first-order valence-electron chi connectivity index (χ1n) is 9.86. The Labute approximate surface area is 169 Å². The second kappa shape index (κ2) is 12.0. The van der Waals surface area contributed by atoms with Gasteiger partial charge in [-0.25, -0.2) is 0 Å². The van der Waals surface area contributed by atoms with E-state index in [4.69, 9.17) is 4.74 Å². The van der Waals surface area contributed by atoms with Gasteiger partial charge in [0.05, 0.1) is 24.6 Å². The van der Waals surface area contributed by atoms with E-state index in [-0.39, 0.29) is 36.1 Å². The molecule has 0 saturated carbocycles. The SMILES string of the molecule is CC[C@H](C)[C@@H]([C@@H](CC(=O)O)OC)N(C)C(=O)[C@@H](NC(=O)[C@H](C)N(C)C)C(C)C. The summed E-state index contributed by atoms with van der Waals surface area (Å²) in [5, 5.41) is 12.1. The molecule has 5 atom stereocenters. The first kappa shape index (κ1) is 26.3. The fraction of sp³-hybridized carbons (Fsp3) is 0.850. The Hall–Kier alpha value is -1.67. The van der Waals surface area contributed by atoms with Crippen LogP contribution in [0.2, 0.25) is 0 Å². The number of nitrogens with one attached hydrogen (secondary N) is 1. The van der Waals surface area contributed by atoms with Gasteiger partial charge in [-0.3, -0.25) is 19.3 Å². The van der Waals surface area contributed by atoms with Gasteiger partial charge in [0.2, 0.25) is 11.8 Å². The number of hydrogen-bond donors (Lipinski definition) is 2. The molecule has 2 amide bonds. The molecule has 0 aliphatic heterocycles. The number of aliphatic carboxylic acids is 1. The number of carboxylic acids is 1. The van der Waals surface area contributed by atoms with Gasteiger partial charge in [-0.15, -0.1) is 0 Å². The third-order valence-electron chi connectivity index (χ3n) is 5.47. The van der Waals surface area contributed by atoms with Crippen molar-refractivity contribution >= 4 is 17.8 Å². The summed E-state index contributed by atoms with van der Waals surface area (Å²) in [7, 11) is 6.72. The second-order valence-corrected chi connectivity index (χ2v) is 8.07. The van der Waals surface area contributed by atoms with Gasteiger partial charge in [0, 0.05) is 14.2 Å². The summed E-state index contributed by atoms with van der Waals surface area (Å²) in [6, 6.07) is -1.49. The zero-order valence-electron chi connectivity index (χ0n) is 18.9. The van der Waals surface area contributed by atoms with Crippen LogP contribution in [0.25, 0.3) is 0 Å². The first-order chi connectivity index (χ1) is 12.9. The zero-order valence-corrected chi connectivity index (χ0v) is 18.9. The Kier molecular flexibility index (Phi) is 11.3. The third-order valence-corrected chi connectivity index (χ3v) is 5.47. The second-order valence-electron chi connectivity index (χ2n) is 8.07.